The molecule has 1 aromatic heterocycles. The molecule has 1 aliphatic heterocycles. The minimum absolute atomic E-state index is 0.113. The lowest BCUT2D eigenvalue weighted by Crippen LogP contribution is -2.21. The van der Waals surface area contributed by atoms with Crippen molar-refractivity contribution in [2.45, 2.75) is 32.1 Å². The fourth-order valence-electron chi connectivity index (χ4n) is 2.75. The van der Waals surface area contributed by atoms with Crippen LogP contribution in [0.2, 0.25) is 0 Å². The van der Waals surface area contributed by atoms with Crippen molar-refractivity contribution in [1.82, 2.24) is 9.78 Å². The summed E-state index contributed by atoms with van der Waals surface area (Å²) in [4.78, 5) is 17.2. The number of nitrogens with one attached hydrogen (secondary N) is 1. The molecule has 0 atom stereocenters. The van der Waals surface area contributed by atoms with Gasteiger partial charge in [-0.1, -0.05) is 31.0 Å². The quantitative estimate of drug-likeness (QED) is 0.889. The molecule has 0 amide bonds. The Bertz CT molecular complexity index is 697. The van der Waals surface area contributed by atoms with Crippen molar-refractivity contribution in [1.29, 1.82) is 0 Å². The molecule has 2 aromatic rings. The number of benzene rings is 1. The van der Waals surface area contributed by atoms with E-state index in [4.69, 9.17) is 5.73 Å². The monoisotopic (exact) mass is 284 g/mol. The van der Waals surface area contributed by atoms with E-state index in [0.717, 1.165) is 37.2 Å². The summed E-state index contributed by atoms with van der Waals surface area (Å²) < 4.78 is 1.49. The van der Waals surface area contributed by atoms with E-state index >= 15 is 0 Å². The van der Waals surface area contributed by atoms with Crippen LogP contribution in [0.4, 0.5) is 5.82 Å². The molecule has 110 valence electrons. The molecule has 0 radical (unpaired) electrons. The number of aromatic amines is 1. The topological polar surface area (TPSA) is 76.2 Å². The van der Waals surface area contributed by atoms with Crippen LogP contribution in [0.25, 0.3) is 5.69 Å². The minimum atomic E-state index is -0.113. The van der Waals surface area contributed by atoms with Gasteiger partial charge in [0.25, 0.3) is 5.56 Å². The lowest BCUT2D eigenvalue weighted by molar-refractivity contribution is 0.644. The van der Waals surface area contributed by atoms with Gasteiger partial charge in [-0.05, 0) is 31.4 Å². The van der Waals surface area contributed by atoms with Crippen LogP contribution in [0, 0.1) is 0 Å². The summed E-state index contributed by atoms with van der Waals surface area (Å²) in [7, 11) is 0. The van der Waals surface area contributed by atoms with Gasteiger partial charge in [0.2, 0.25) is 0 Å². The molecule has 0 bridgehead atoms. The number of nitrogens with two attached hydrogens (primary N) is 1. The van der Waals surface area contributed by atoms with Gasteiger partial charge in [0.15, 0.2) is 0 Å². The van der Waals surface area contributed by atoms with Crippen LogP contribution in [0.5, 0.6) is 0 Å². The summed E-state index contributed by atoms with van der Waals surface area (Å²) in [6, 6.07) is 9.46. The summed E-state index contributed by atoms with van der Waals surface area (Å²) in [6.07, 6.45) is 5.38. The van der Waals surface area contributed by atoms with Crippen molar-refractivity contribution in [3.05, 3.63) is 46.2 Å². The van der Waals surface area contributed by atoms with E-state index in [1.807, 2.05) is 30.3 Å². The number of anilines is 1. The summed E-state index contributed by atoms with van der Waals surface area (Å²) in [5, 5.41) is 2.96. The first kappa shape index (κ1) is 13.7. The van der Waals surface area contributed by atoms with Gasteiger partial charge in [-0.25, -0.2) is 4.68 Å². The molecule has 1 aliphatic rings. The first-order valence-electron chi connectivity index (χ1n) is 7.47. The highest BCUT2D eigenvalue weighted by molar-refractivity contribution is 6.04. The van der Waals surface area contributed by atoms with E-state index in [0.29, 0.717) is 11.4 Å². The Morgan fingerprint density at radius 3 is 2.67 bits per heavy atom. The van der Waals surface area contributed by atoms with Crippen LogP contribution in [-0.2, 0) is 0 Å². The molecule has 2 heterocycles. The Morgan fingerprint density at radius 1 is 1.10 bits per heavy atom. The Morgan fingerprint density at radius 2 is 1.86 bits per heavy atom. The third-order valence-corrected chi connectivity index (χ3v) is 3.85. The zero-order chi connectivity index (χ0) is 14.7. The van der Waals surface area contributed by atoms with E-state index in [1.165, 1.54) is 17.5 Å². The molecular weight excluding hydrogens is 264 g/mol. The number of nitrogens with zero attached hydrogens (tertiary/aromatic N) is 2. The van der Waals surface area contributed by atoms with Crippen molar-refractivity contribution in [2.24, 2.45) is 4.99 Å². The number of aromatic nitrogens is 2. The van der Waals surface area contributed by atoms with Crippen LogP contribution in [-0.4, -0.2) is 22.0 Å². The Balaban J connectivity index is 2.04. The number of aliphatic imine (C=N–C) groups is 1. The molecule has 0 spiro atoms. The molecule has 1 aromatic carbocycles. The summed E-state index contributed by atoms with van der Waals surface area (Å²) in [6.45, 7) is 0.782. The molecule has 0 fully saturated rings. The highest BCUT2D eigenvalue weighted by Crippen LogP contribution is 2.16. The summed E-state index contributed by atoms with van der Waals surface area (Å²) in [5.41, 5.74) is 8.11. The molecule has 3 N–H and O–H groups in total. The molecule has 5 heteroatoms. The van der Waals surface area contributed by atoms with Crippen LogP contribution < -0.4 is 11.3 Å². The Hall–Kier alpha value is -2.30. The lowest BCUT2D eigenvalue weighted by Gasteiger charge is -2.09. The third kappa shape index (κ3) is 2.77. The summed E-state index contributed by atoms with van der Waals surface area (Å²) in [5.74, 6) is 0.406. The van der Waals surface area contributed by atoms with Gasteiger partial charge in [0.05, 0.1) is 11.4 Å². The molecule has 5 nitrogen and oxygen atoms in total. The lowest BCUT2D eigenvalue weighted by atomic mass is 10.0. The first-order chi connectivity index (χ1) is 10.3. The zero-order valence-corrected chi connectivity index (χ0v) is 12.0. The van der Waals surface area contributed by atoms with Crippen molar-refractivity contribution in [2.75, 3.05) is 12.3 Å². The number of rotatable bonds is 2. The minimum Gasteiger partial charge on any atom is -0.383 e. The molecule has 0 unspecified atom stereocenters. The third-order valence-electron chi connectivity index (χ3n) is 3.85. The largest absolute Gasteiger partial charge is 0.383 e. The van der Waals surface area contributed by atoms with Crippen LogP contribution >= 0.6 is 0 Å². The van der Waals surface area contributed by atoms with Crippen molar-refractivity contribution in [3.63, 3.8) is 0 Å². The SMILES string of the molecule is Nc1[nH]n(-c2ccccc2)c(=O)c1C1=NCCCCCC1. The number of para-hydroxylation sites is 1. The molecule has 3 rings (SSSR count). The number of H-pyrrole nitrogens is 1. The maximum Gasteiger partial charge on any atom is 0.282 e. The van der Waals surface area contributed by atoms with Crippen LogP contribution in [0.15, 0.2) is 40.1 Å². The molecule has 0 saturated heterocycles. The number of nitrogen functional groups attached to an aromatic ring is 1. The average Bonchev–Trinajstić information content (AvgIpc) is 2.76. The first-order valence-corrected chi connectivity index (χ1v) is 7.47. The average molecular weight is 284 g/mol. The van der Waals surface area contributed by atoms with E-state index in [-0.39, 0.29) is 5.56 Å². The number of hydrogen-bond donors (Lipinski definition) is 2. The van der Waals surface area contributed by atoms with Crippen molar-refractivity contribution in [3.8, 4) is 5.69 Å². The highest BCUT2D eigenvalue weighted by Gasteiger charge is 2.18. The van der Waals surface area contributed by atoms with Gasteiger partial charge in [-0.15, -0.1) is 0 Å². The molecule has 0 aliphatic carbocycles. The van der Waals surface area contributed by atoms with E-state index in [1.54, 1.807) is 0 Å². The van der Waals surface area contributed by atoms with Gasteiger partial charge in [-0.2, -0.15) is 0 Å². The second-order valence-corrected chi connectivity index (χ2v) is 5.37. The van der Waals surface area contributed by atoms with Gasteiger partial charge in [0.1, 0.15) is 11.4 Å². The maximum absolute atomic E-state index is 12.7. The van der Waals surface area contributed by atoms with Crippen LogP contribution in [0.1, 0.15) is 37.7 Å². The standard InChI is InChI=1S/C16H20N4O/c17-15-14(13-10-6-1-2-7-11-18-13)16(21)20(19-15)12-8-4-3-5-9-12/h3-5,8-9,19H,1-2,6-7,10-11,17H2. The molecular formula is C16H20N4O. The van der Waals surface area contributed by atoms with Crippen molar-refractivity contribution >= 4 is 11.5 Å². The predicted molar refractivity (Wildman–Crippen MR) is 85.3 cm³/mol. The van der Waals surface area contributed by atoms with Crippen LogP contribution in [0.3, 0.4) is 0 Å². The van der Waals surface area contributed by atoms with Crippen molar-refractivity contribution < 1.29 is 0 Å². The predicted octanol–water partition coefficient (Wildman–Crippen LogP) is 2.50. The second-order valence-electron chi connectivity index (χ2n) is 5.37. The van der Waals surface area contributed by atoms with E-state index < -0.39 is 0 Å². The molecule has 21 heavy (non-hydrogen) atoms. The Kier molecular flexibility index (Phi) is 3.90. The highest BCUT2D eigenvalue weighted by atomic mass is 16.1. The van der Waals surface area contributed by atoms with Gasteiger partial charge in [0, 0.05) is 6.54 Å². The Labute approximate surface area is 123 Å². The molecule has 0 saturated carbocycles. The summed E-state index contributed by atoms with van der Waals surface area (Å²) >= 11 is 0. The van der Waals surface area contributed by atoms with E-state index in [9.17, 15) is 4.79 Å². The van der Waals surface area contributed by atoms with E-state index in [2.05, 4.69) is 10.1 Å². The van der Waals surface area contributed by atoms with Gasteiger partial charge >= 0.3 is 0 Å². The fraction of sp³-hybridized carbons (Fsp3) is 0.375. The zero-order valence-electron chi connectivity index (χ0n) is 12.0. The smallest absolute Gasteiger partial charge is 0.282 e. The van der Waals surface area contributed by atoms with Gasteiger partial charge in [-0.3, -0.25) is 14.9 Å². The normalized spacial score (nSPS) is 16.1. The number of hydrogen-bond acceptors (Lipinski definition) is 3. The second kappa shape index (κ2) is 5.99. The maximum atomic E-state index is 12.7. The van der Waals surface area contributed by atoms with Gasteiger partial charge < -0.3 is 5.73 Å². The fourth-order valence-corrected chi connectivity index (χ4v) is 2.75.